The van der Waals surface area contributed by atoms with Gasteiger partial charge in [0.15, 0.2) is 22.0 Å². The van der Waals surface area contributed by atoms with Gasteiger partial charge < -0.3 is 14.0 Å². The van der Waals surface area contributed by atoms with Crippen molar-refractivity contribution in [3.8, 4) is 11.5 Å². The van der Waals surface area contributed by atoms with Crippen LogP contribution in [0.15, 0.2) is 42.0 Å². The third kappa shape index (κ3) is 2.41. The van der Waals surface area contributed by atoms with Crippen LogP contribution in [0.1, 0.15) is 10.5 Å². The van der Waals surface area contributed by atoms with Gasteiger partial charge in [-0.25, -0.2) is 0 Å². The summed E-state index contributed by atoms with van der Waals surface area (Å²) in [6.07, 6.45) is 3.48. The second-order valence-electron chi connectivity index (χ2n) is 5.25. The number of aromatic nitrogens is 3. The molecular weight excluding hydrogens is 328 g/mol. The van der Waals surface area contributed by atoms with Gasteiger partial charge in [-0.3, -0.25) is 9.48 Å². The minimum absolute atomic E-state index is 0.226. The number of amides is 1. The number of nitrogens with zero attached hydrogens (tertiary/aromatic N) is 4. The van der Waals surface area contributed by atoms with Gasteiger partial charge in [0, 0.05) is 31.9 Å². The van der Waals surface area contributed by atoms with E-state index in [1.54, 1.807) is 30.1 Å². The van der Waals surface area contributed by atoms with E-state index in [1.807, 2.05) is 16.7 Å². The Morgan fingerprint density at radius 3 is 2.96 bits per heavy atom. The highest BCUT2D eigenvalue weighted by atomic mass is 32.1. The molecule has 3 aromatic rings. The van der Waals surface area contributed by atoms with Gasteiger partial charge >= 0.3 is 0 Å². The van der Waals surface area contributed by atoms with Crippen LogP contribution in [-0.4, -0.2) is 27.0 Å². The van der Waals surface area contributed by atoms with E-state index in [0.29, 0.717) is 28.5 Å². The fourth-order valence-corrected chi connectivity index (χ4v) is 3.57. The molecular formula is C16H14N4O3S. The molecule has 4 rings (SSSR count). The number of thiazole rings is 1. The molecule has 1 amide bonds. The average molecular weight is 342 g/mol. The first-order valence-electron chi connectivity index (χ1n) is 7.28. The van der Waals surface area contributed by atoms with E-state index in [1.165, 1.54) is 11.3 Å². The lowest BCUT2D eigenvalue weighted by atomic mass is 10.3. The number of allylic oxidation sites excluding steroid dienone is 1. The Hall–Kier alpha value is -2.87. The van der Waals surface area contributed by atoms with E-state index in [4.69, 9.17) is 9.47 Å². The number of carbonyl (C=O) groups is 1. The lowest BCUT2D eigenvalue weighted by Crippen LogP contribution is -2.16. The number of aryl methyl sites for hydroxylation is 1. The van der Waals surface area contributed by atoms with Crippen LogP contribution >= 0.6 is 11.3 Å². The van der Waals surface area contributed by atoms with E-state index >= 15 is 0 Å². The van der Waals surface area contributed by atoms with Crippen molar-refractivity contribution in [2.24, 2.45) is 12.0 Å². The Morgan fingerprint density at radius 1 is 1.46 bits per heavy atom. The van der Waals surface area contributed by atoms with Crippen molar-refractivity contribution in [3.63, 3.8) is 0 Å². The number of carbonyl (C=O) groups excluding carboxylic acids is 1. The van der Waals surface area contributed by atoms with E-state index in [9.17, 15) is 4.79 Å². The van der Waals surface area contributed by atoms with Crippen molar-refractivity contribution in [1.82, 2.24) is 14.3 Å². The standard InChI is InChI=1S/C16H14N4O3S/c1-3-5-20-11-7-12-13(23-9-22-12)8-14(11)24-16(20)17-15(21)10-4-6-19(2)18-10/h3-4,6-8H,1,5,9H2,2H3. The normalized spacial score (nSPS) is 13.6. The smallest absolute Gasteiger partial charge is 0.300 e. The molecule has 1 aliphatic heterocycles. The summed E-state index contributed by atoms with van der Waals surface area (Å²) in [6.45, 7) is 4.54. The molecule has 0 radical (unpaired) electrons. The van der Waals surface area contributed by atoms with Crippen LogP contribution in [-0.2, 0) is 13.6 Å². The Morgan fingerprint density at radius 2 is 2.25 bits per heavy atom. The van der Waals surface area contributed by atoms with Gasteiger partial charge in [0.05, 0.1) is 10.2 Å². The summed E-state index contributed by atoms with van der Waals surface area (Å²) in [5.41, 5.74) is 1.24. The van der Waals surface area contributed by atoms with Crippen LogP contribution in [0.25, 0.3) is 10.2 Å². The van der Waals surface area contributed by atoms with Crippen molar-refractivity contribution in [1.29, 1.82) is 0 Å². The highest BCUT2D eigenvalue weighted by Gasteiger charge is 2.18. The SMILES string of the molecule is C=CCn1c(=NC(=O)c2ccn(C)n2)sc2cc3c(cc21)OCO3. The van der Waals surface area contributed by atoms with E-state index < -0.39 is 0 Å². The summed E-state index contributed by atoms with van der Waals surface area (Å²) in [6, 6.07) is 5.46. The van der Waals surface area contributed by atoms with Crippen LogP contribution in [0.2, 0.25) is 0 Å². The first kappa shape index (κ1) is 14.7. The third-order valence-electron chi connectivity index (χ3n) is 3.62. The second kappa shape index (κ2) is 5.64. The van der Waals surface area contributed by atoms with E-state index in [0.717, 1.165) is 10.2 Å². The minimum Gasteiger partial charge on any atom is -0.454 e. The number of rotatable bonds is 3. The number of hydrogen-bond donors (Lipinski definition) is 0. The molecule has 0 aliphatic carbocycles. The Balaban J connectivity index is 1.88. The van der Waals surface area contributed by atoms with Crippen LogP contribution in [0, 0.1) is 0 Å². The van der Waals surface area contributed by atoms with Crippen molar-refractivity contribution in [3.05, 3.63) is 47.5 Å². The fraction of sp³-hybridized carbons (Fsp3) is 0.188. The predicted molar refractivity (Wildman–Crippen MR) is 89.2 cm³/mol. The lowest BCUT2D eigenvalue weighted by Gasteiger charge is -2.02. The van der Waals surface area contributed by atoms with Gasteiger partial charge in [-0.1, -0.05) is 17.4 Å². The molecule has 24 heavy (non-hydrogen) atoms. The number of hydrogen-bond acceptors (Lipinski definition) is 5. The lowest BCUT2D eigenvalue weighted by molar-refractivity contribution is 0.0992. The molecule has 1 aliphatic rings. The maximum Gasteiger partial charge on any atom is 0.300 e. The summed E-state index contributed by atoms with van der Waals surface area (Å²) in [5, 5.41) is 4.10. The first-order chi connectivity index (χ1) is 11.7. The quantitative estimate of drug-likeness (QED) is 0.684. The van der Waals surface area contributed by atoms with E-state index in [2.05, 4.69) is 16.7 Å². The fourth-order valence-electron chi connectivity index (χ4n) is 2.52. The molecule has 1 aromatic carbocycles. The molecule has 0 N–H and O–H groups in total. The van der Waals surface area contributed by atoms with Crippen LogP contribution in [0.4, 0.5) is 0 Å². The summed E-state index contributed by atoms with van der Waals surface area (Å²) in [4.78, 5) is 17.2. The van der Waals surface area contributed by atoms with Crippen molar-refractivity contribution >= 4 is 27.5 Å². The highest BCUT2D eigenvalue weighted by molar-refractivity contribution is 7.16. The minimum atomic E-state index is -0.375. The van der Waals surface area contributed by atoms with Gasteiger partial charge in [0.2, 0.25) is 6.79 Å². The molecule has 0 unspecified atom stereocenters. The van der Waals surface area contributed by atoms with Crippen molar-refractivity contribution < 1.29 is 14.3 Å². The zero-order valence-corrected chi connectivity index (χ0v) is 13.7. The third-order valence-corrected chi connectivity index (χ3v) is 4.66. The Bertz CT molecular complexity index is 1030. The van der Waals surface area contributed by atoms with Gasteiger partial charge in [0.1, 0.15) is 0 Å². The Labute approximate surface area is 141 Å². The maximum atomic E-state index is 12.3. The molecule has 7 nitrogen and oxygen atoms in total. The zero-order valence-electron chi connectivity index (χ0n) is 12.9. The molecule has 0 saturated carbocycles. The average Bonchev–Trinajstić information content (AvgIpc) is 3.25. The summed E-state index contributed by atoms with van der Waals surface area (Å²) in [7, 11) is 1.76. The topological polar surface area (TPSA) is 70.6 Å². The number of ether oxygens (including phenoxy) is 2. The van der Waals surface area contributed by atoms with Gasteiger partial charge in [0.25, 0.3) is 5.91 Å². The number of fused-ring (bicyclic) bond motifs is 2. The molecule has 122 valence electrons. The summed E-state index contributed by atoms with van der Waals surface area (Å²) in [5.74, 6) is 1.03. The Kier molecular flexibility index (Phi) is 3.46. The predicted octanol–water partition coefficient (Wildman–Crippen LogP) is 2.09. The van der Waals surface area contributed by atoms with Crippen LogP contribution < -0.4 is 14.3 Å². The molecule has 0 spiro atoms. The zero-order chi connectivity index (χ0) is 16.7. The van der Waals surface area contributed by atoms with Gasteiger partial charge in [-0.05, 0) is 6.07 Å². The molecule has 0 fully saturated rings. The molecule has 0 bridgehead atoms. The molecule has 0 atom stereocenters. The van der Waals surface area contributed by atoms with Crippen LogP contribution in [0.5, 0.6) is 11.5 Å². The van der Waals surface area contributed by atoms with E-state index in [-0.39, 0.29) is 12.7 Å². The first-order valence-corrected chi connectivity index (χ1v) is 8.10. The van der Waals surface area contributed by atoms with Crippen LogP contribution in [0.3, 0.4) is 0 Å². The largest absolute Gasteiger partial charge is 0.454 e. The number of benzene rings is 1. The van der Waals surface area contributed by atoms with Gasteiger partial charge in [-0.15, -0.1) is 6.58 Å². The highest BCUT2D eigenvalue weighted by Crippen LogP contribution is 2.36. The molecule has 3 heterocycles. The molecule has 2 aromatic heterocycles. The molecule has 0 saturated heterocycles. The molecule has 8 heteroatoms. The summed E-state index contributed by atoms with van der Waals surface area (Å²) < 4.78 is 15.3. The maximum absolute atomic E-state index is 12.3. The summed E-state index contributed by atoms with van der Waals surface area (Å²) >= 11 is 1.42. The van der Waals surface area contributed by atoms with Crippen molar-refractivity contribution in [2.75, 3.05) is 6.79 Å². The van der Waals surface area contributed by atoms with Crippen molar-refractivity contribution in [2.45, 2.75) is 6.54 Å². The second-order valence-corrected chi connectivity index (χ2v) is 6.26. The van der Waals surface area contributed by atoms with Gasteiger partial charge in [-0.2, -0.15) is 10.1 Å². The monoisotopic (exact) mass is 342 g/mol.